The van der Waals surface area contributed by atoms with Gasteiger partial charge in [-0.1, -0.05) is 6.42 Å². The van der Waals surface area contributed by atoms with Crippen LogP contribution in [0.4, 0.5) is 5.95 Å². The second-order valence-corrected chi connectivity index (χ2v) is 3.90. The molecule has 1 saturated carbocycles. The lowest BCUT2D eigenvalue weighted by molar-refractivity contribution is -0.122. The molecule has 1 heterocycles. The molecule has 1 aliphatic carbocycles. The molecule has 0 aliphatic heterocycles. The van der Waals surface area contributed by atoms with E-state index in [2.05, 4.69) is 15.4 Å². The Morgan fingerprint density at radius 3 is 3.00 bits per heavy atom. The number of nitrogen functional groups attached to an aromatic ring is 1. The van der Waals surface area contributed by atoms with E-state index in [9.17, 15) is 4.79 Å². The van der Waals surface area contributed by atoms with Crippen LogP contribution in [0.25, 0.3) is 0 Å². The Morgan fingerprint density at radius 1 is 1.67 bits per heavy atom. The molecule has 0 atom stereocenters. The summed E-state index contributed by atoms with van der Waals surface area (Å²) in [5.41, 5.74) is 5.33. The molecule has 1 fully saturated rings. The first-order valence-corrected chi connectivity index (χ1v) is 5.15. The standard InChI is InChI=1S/C9H15N5O/c10-9-12-6-14(13-9)5-8(15)11-4-7-2-1-3-7/h6-7H,1-5H2,(H2,10,13)(H,11,15). The molecule has 82 valence electrons. The fourth-order valence-electron chi connectivity index (χ4n) is 1.54. The molecule has 1 aliphatic rings. The number of carbonyl (C=O) groups excluding carboxylic acids is 1. The van der Waals surface area contributed by atoms with E-state index in [-0.39, 0.29) is 18.4 Å². The van der Waals surface area contributed by atoms with Gasteiger partial charge in [0.1, 0.15) is 12.9 Å². The van der Waals surface area contributed by atoms with Crippen LogP contribution < -0.4 is 11.1 Å². The van der Waals surface area contributed by atoms with Crippen molar-refractivity contribution in [1.82, 2.24) is 20.1 Å². The maximum atomic E-state index is 11.4. The third kappa shape index (κ3) is 2.68. The smallest absolute Gasteiger partial charge is 0.241 e. The van der Waals surface area contributed by atoms with Crippen LogP contribution in [0.2, 0.25) is 0 Å². The van der Waals surface area contributed by atoms with Crippen LogP contribution >= 0.6 is 0 Å². The predicted molar refractivity (Wildman–Crippen MR) is 54.8 cm³/mol. The van der Waals surface area contributed by atoms with Gasteiger partial charge in [-0.2, -0.15) is 0 Å². The van der Waals surface area contributed by atoms with Gasteiger partial charge in [0.25, 0.3) is 0 Å². The number of carbonyl (C=O) groups is 1. The molecule has 0 bridgehead atoms. The SMILES string of the molecule is Nc1ncn(CC(=O)NCC2CCC2)n1. The Hall–Kier alpha value is -1.59. The fraction of sp³-hybridized carbons (Fsp3) is 0.667. The quantitative estimate of drug-likeness (QED) is 0.717. The van der Waals surface area contributed by atoms with Gasteiger partial charge in [0.15, 0.2) is 0 Å². The summed E-state index contributed by atoms with van der Waals surface area (Å²) in [6, 6.07) is 0. The Morgan fingerprint density at radius 2 is 2.47 bits per heavy atom. The largest absolute Gasteiger partial charge is 0.367 e. The summed E-state index contributed by atoms with van der Waals surface area (Å²) in [6.07, 6.45) is 5.21. The van der Waals surface area contributed by atoms with Crippen molar-refractivity contribution in [1.29, 1.82) is 0 Å². The van der Waals surface area contributed by atoms with Crippen LogP contribution in [0.3, 0.4) is 0 Å². The zero-order valence-electron chi connectivity index (χ0n) is 8.52. The highest BCUT2D eigenvalue weighted by molar-refractivity contribution is 5.75. The number of nitrogens with zero attached hydrogens (tertiary/aromatic N) is 3. The minimum atomic E-state index is -0.0354. The molecule has 6 nitrogen and oxygen atoms in total. The van der Waals surface area contributed by atoms with Crippen LogP contribution in [0.1, 0.15) is 19.3 Å². The van der Waals surface area contributed by atoms with Crippen molar-refractivity contribution < 1.29 is 4.79 Å². The van der Waals surface area contributed by atoms with Crippen LogP contribution in [0.5, 0.6) is 0 Å². The Kier molecular flexibility index (Phi) is 2.84. The van der Waals surface area contributed by atoms with E-state index in [4.69, 9.17) is 5.73 Å². The molecule has 0 radical (unpaired) electrons. The first kappa shape index (κ1) is 9.95. The van der Waals surface area contributed by atoms with E-state index in [0.717, 1.165) is 6.54 Å². The number of aromatic nitrogens is 3. The summed E-state index contributed by atoms with van der Waals surface area (Å²) in [4.78, 5) is 15.2. The molecular weight excluding hydrogens is 194 g/mol. The van der Waals surface area contributed by atoms with Crippen molar-refractivity contribution in [3.8, 4) is 0 Å². The molecule has 0 spiro atoms. The lowest BCUT2D eigenvalue weighted by Crippen LogP contribution is -2.34. The Balaban J connectivity index is 1.71. The molecule has 2 rings (SSSR count). The van der Waals surface area contributed by atoms with Crippen LogP contribution in [0, 0.1) is 5.92 Å². The third-order valence-electron chi connectivity index (χ3n) is 2.67. The molecule has 3 N–H and O–H groups in total. The molecule has 0 aromatic carbocycles. The monoisotopic (exact) mass is 209 g/mol. The minimum Gasteiger partial charge on any atom is -0.367 e. The number of anilines is 1. The molecule has 6 heteroatoms. The highest BCUT2D eigenvalue weighted by Gasteiger charge is 2.17. The van der Waals surface area contributed by atoms with Crippen molar-refractivity contribution in [3.63, 3.8) is 0 Å². The molecule has 1 aromatic heterocycles. The van der Waals surface area contributed by atoms with E-state index >= 15 is 0 Å². The van der Waals surface area contributed by atoms with E-state index in [0.29, 0.717) is 5.92 Å². The van der Waals surface area contributed by atoms with Crippen molar-refractivity contribution in [2.45, 2.75) is 25.8 Å². The highest BCUT2D eigenvalue weighted by atomic mass is 16.2. The first-order chi connectivity index (χ1) is 7.24. The molecule has 0 saturated heterocycles. The van der Waals surface area contributed by atoms with Gasteiger partial charge in [-0.05, 0) is 18.8 Å². The summed E-state index contributed by atoms with van der Waals surface area (Å²) in [5.74, 6) is 0.836. The average molecular weight is 209 g/mol. The molecule has 1 aromatic rings. The lowest BCUT2D eigenvalue weighted by atomic mass is 9.85. The summed E-state index contributed by atoms with van der Waals surface area (Å²) in [6.45, 7) is 0.972. The van der Waals surface area contributed by atoms with Gasteiger partial charge < -0.3 is 11.1 Å². The summed E-state index contributed by atoms with van der Waals surface area (Å²) < 4.78 is 1.44. The van der Waals surface area contributed by atoms with E-state index in [1.54, 1.807) is 0 Å². The average Bonchev–Trinajstić information content (AvgIpc) is 2.48. The van der Waals surface area contributed by atoms with Crippen molar-refractivity contribution >= 4 is 11.9 Å². The van der Waals surface area contributed by atoms with Gasteiger partial charge >= 0.3 is 0 Å². The Bertz CT molecular complexity index is 344. The van der Waals surface area contributed by atoms with Crippen LogP contribution in [0.15, 0.2) is 6.33 Å². The second kappa shape index (κ2) is 4.29. The molecule has 15 heavy (non-hydrogen) atoms. The molecule has 0 unspecified atom stereocenters. The summed E-state index contributed by atoms with van der Waals surface area (Å²) in [5, 5.41) is 6.71. The first-order valence-electron chi connectivity index (χ1n) is 5.15. The van der Waals surface area contributed by atoms with E-state index in [1.807, 2.05) is 0 Å². The van der Waals surface area contributed by atoms with Crippen LogP contribution in [-0.4, -0.2) is 27.2 Å². The number of amides is 1. The van der Waals surface area contributed by atoms with Gasteiger partial charge in [0.2, 0.25) is 11.9 Å². The van der Waals surface area contributed by atoms with Gasteiger partial charge in [0, 0.05) is 6.54 Å². The maximum absolute atomic E-state index is 11.4. The van der Waals surface area contributed by atoms with Gasteiger partial charge in [-0.25, -0.2) is 9.67 Å². The van der Waals surface area contributed by atoms with Gasteiger partial charge in [-0.15, -0.1) is 5.10 Å². The summed E-state index contributed by atoms with van der Waals surface area (Å²) >= 11 is 0. The van der Waals surface area contributed by atoms with Gasteiger partial charge in [-0.3, -0.25) is 4.79 Å². The van der Waals surface area contributed by atoms with Crippen molar-refractivity contribution in [3.05, 3.63) is 6.33 Å². The topological polar surface area (TPSA) is 85.8 Å². The predicted octanol–water partition coefficient (Wildman–Crippen LogP) is -0.223. The van der Waals surface area contributed by atoms with Crippen LogP contribution in [-0.2, 0) is 11.3 Å². The van der Waals surface area contributed by atoms with E-state index in [1.165, 1.54) is 30.3 Å². The number of nitrogens with two attached hydrogens (primary N) is 1. The van der Waals surface area contributed by atoms with Crippen molar-refractivity contribution in [2.24, 2.45) is 5.92 Å². The van der Waals surface area contributed by atoms with Crippen molar-refractivity contribution in [2.75, 3.05) is 12.3 Å². The fourth-order valence-corrected chi connectivity index (χ4v) is 1.54. The number of nitrogens with one attached hydrogen (secondary N) is 1. The lowest BCUT2D eigenvalue weighted by Gasteiger charge is -2.25. The normalized spacial score (nSPS) is 16.0. The molecular formula is C9H15N5O. The zero-order chi connectivity index (χ0) is 10.7. The zero-order valence-corrected chi connectivity index (χ0v) is 8.52. The summed E-state index contributed by atoms with van der Waals surface area (Å²) in [7, 11) is 0. The van der Waals surface area contributed by atoms with E-state index < -0.39 is 0 Å². The second-order valence-electron chi connectivity index (χ2n) is 3.90. The maximum Gasteiger partial charge on any atom is 0.241 e. The third-order valence-corrected chi connectivity index (χ3v) is 2.67. The Labute approximate surface area is 87.9 Å². The minimum absolute atomic E-state index is 0.0354. The number of hydrogen-bond acceptors (Lipinski definition) is 4. The van der Waals surface area contributed by atoms with Gasteiger partial charge in [0.05, 0.1) is 0 Å². The number of hydrogen-bond donors (Lipinski definition) is 2. The highest BCUT2D eigenvalue weighted by Crippen LogP contribution is 2.24. The number of rotatable bonds is 4. The molecule has 1 amide bonds.